The maximum absolute atomic E-state index is 12.3. The fourth-order valence-corrected chi connectivity index (χ4v) is 5.28. The monoisotopic (exact) mass is 436 g/mol. The van der Waals surface area contributed by atoms with Crippen molar-refractivity contribution >= 4 is 27.3 Å². The highest BCUT2D eigenvalue weighted by Gasteiger charge is 2.22. The van der Waals surface area contributed by atoms with Crippen LogP contribution in [0.5, 0.6) is 0 Å². The van der Waals surface area contributed by atoms with E-state index in [-0.39, 0.29) is 17.2 Å². The van der Waals surface area contributed by atoms with Crippen molar-refractivity contribution in [3.05, 3.63) is 57.8 Å². The van der Waals surface area contributed by atoms with Gasteiger partial charge in [0.15, 0.2) is 5.96 Å². The van der Waals surface area contributed by atoms with E-state index in [0.717, 1.165) is 17.7 Å². The van der Waals surface area contributed by atoms with E-state index in [0.29, 0.717) is 12.5 Å². The lowest BCUT2D eigenvalue weighted by molar-refractivity contribution is 0.518. The van der Waals surface area contributed by atoms with Crippen LogP contribution in [0.4, 0.5) is 0 Å². The van der Waals surface area contributed by atoms with Gasteiger partial charge in [-0.25, -0.2) is 13.1 Å². The number of nitrogens with zero attached hydrogens (tertiary/aromatic N) is 1. The van der Waals surface area contributed by atoms with E-state index in [1.807, 2.05) is 38.1 Å². The molecule has 0 fully saturated rings. The van der Waals surface area contributed by atoms with Gasteiger partial charge in [0.05, 0.1) is 5.75 Å². The van der Waals surface area contributed by atoms with Crippen LogP contribution in [-0.2, 0) is 27.7 Å². The van der Waals surface area contributed by atoms with Crippen LogP contribution in [0.1, 0.15) is 43.7 Å². The normalized spacial score (nSPS) is 13.0. The SMILES string of the molecule is CN=C(NCc1ccccc1CS(=O)(=O)NC(C)C)NCC(C)(C)c1cccs1. The Morgan fingerprint density at radius 3 is 2.38 bits per heavy atom. The van der Waals surface area contributed by atoms with Gasteiger partial charge in [0.1, 0.15) is 0 Å². The standard InChI is InChI=1S/C21H32N4O2S2/c1-16(2)25-29(26,27)14-18-10-7-6-9-17(18)13-23-20(22-5)24-15-21(3,4)19-11-8-12-28-19/h6-12,16,25H,13-15H2,1-5H3,(H2,22,23,24). The zero-order valence-corrected chi connectivity index (χ0v) is 19.5. The van der Waals surface area contributed by atoms with Crippen LogP contribution in [0.25, 0.3) is 0 Å². The number of thiophene rings is 1. The Labute approximate surface area is 178 Å². The summed E-state index contributed by atoms with van der Waals surface area (Å²) >= 11 is 1.75. The van der Waals surface area contributed by atoms with E-state index in [4.69, 9.17) is 0 Å². The molecule has 0 saturated heterocycles. The maximum Gasteiger partial charge on any atom is 0.216 e. The number of aliphatic imine (C=N–C) groups is 1. The van der Waals surface area contributed by atoms with Crippen molar-refractivity contribution in [3.8, 4) is 0 Å². The van der Waals surface area contributed by atoms with Crippen molar-refractivity contribution in [2.75, 3.05) is 13.6 Å². The number of nitrogens with one attached hydrogen (secondary N) is 3. The molecule has 0 bridgehead atoms. The predicted molar refractivity (Wildman–Crippen MR) is 123 cm³/mol. The molecule has 0 atom stereocenters. The average molecular weight is 437 g/mol. The molecule has 1 heterocycles. The third-order valence-electron chi connectivity index (χ3n) is 4.44. The molecule has 160 valence electrons. The van der Waals surface area contributed by atoms with Crippen molar-refractivity contribution in [3.63, 3.8) is 0 Å². The molecule has 29 heavy (non-hydrogen) atoms. The van der Waals surface area contributed by atoms with Gasteiger partial charge in [-0.15, -0.1) is 11.3 Å². The van der Waals surface area contributed by atoms with Gasteiger partial charge < -0.3 is 10.6 Å². The quantitative estimate of drug-likeness (QED) is 0.416. The first-order valence-corrected chi connectivity index (χ1v) is 12.2. The molecule has 0 radical (unpaired) electrons. The van der Waals surface area contributed by atoms with Crippen molar-refractivity contribution in [2.45, 2.75) is 51.4 Å². The van der Waals surface area contributed by atoms with E-state index >= 15 is 0 Å². The lowest BCUT2D eigenvalue weighted by atomic mass is 9.91. The molecule has 3 N–H and O–H groups in total. The lowest BCUT2D eigenvalue weighted by Gasteiger charge is -2.25. The van der Waals surface area contributed by atoms with Gasteiger partial charge in [-0.1, -0.05) is 44.2 Å². The molecule has 0 aliphatic rings. The molecular weight excluding hydrogens is 404 g/mol. The van der Waals surface area contributed by atoms with Gasteiger partial charge in [-0.05, 0) is 36.4 Å². The fourth-order valence-electron chi connectivity index (χ4n) is 2.93. The number of rotatable bonds is 9. The molecule has 0 aliphatic heterocycles. The van der Waals surface area contributed by atoms with E-state index in [1.54, 1.807) is 18.4 Å². The van der Waals surface area contributed by atoms with Crippen molar-refractivity contribution < 1.29 is 8.42 Å². The van der Waals surface area contributed by atoms with Crippen molar-refractivity contribution in [1.29, 1.82) is 0 Å². The first kappa shape index (κ1) is 23.4. The van der Waals surface area contributed by atoms with Crippen LogP contribution in [0.3, 0.4) is 0 Å². The number of benzene rings is 1. The molecule has 0 aliphatic carbocycles. The number of hydrogen-bond donors (Lipinski definition) is 3. The number of guanidine groups is 1. The predicted octanol–water partition coefficient (Wildman–Crippen LogP) is 3.22. The molecule has 8 heteroatoms. The van der Waals surface area contributed by atoms with E-state index in [1.165, 1.54) is 4.88 Å². The first-order chi connectivity index (χ1) is 13.6. The summed E-state index contributed by atoms with van der Waals surface area (Å²) in [4.78, 5) is 5.61. The van der Waals surface area contributed by atoms with Crippen molar-refractivity contribution in [1.82, 2.24) is 15.4 Å². The van der Waals surface area contributed by atoms with E-state index in [2.05, 4.69) is 51.7 Å². The summed E-state index contributed by atoms with van der Waals surface area (Å²) in [5.74, 6) is 0.646. The third kappa shape index (κ3) is 7.45. The van der Waals surface area contributed by atoms with Gasteiger partial charge in [-0.2, -0.15) is 0 Å². The first-order valence-electron chi connectivity index (χ1n) is 9.68. The minimum atomic E-state index is -3.38. The van der Waals surface area contributed by atoms with Crippen LogP contribution in [0.15, 0.2) is 46.8 Å². The molecule has 2 rings (SSSR count). The van der Waals surface area contributed by atoms with Crippen molar-refractivity contribution in [2.24, 2.45) is 4.99 Å². The smallest absolute Gasteiger partial charge is 0.216 e. The zero-order valence-electron chi connectivity index (χ0n) is 17.8. The maximum atomic E-state index is 12.3. The summed E-state index contributed by atoms with van der Waals surface area (Å²) in [6.07, 6.45) is 0. The summed E-state index contributed by atoms with van der Waals surface area (Å²) < 4.78 is 27.3. The Morgan fingerprint density at radius 1 is 1.10 bits per heavy atom. The second kappa shape index (κ2) is 10.2. The molecule has 0 spiro atoms. The van der Waals surface area contributed by atoms with E-state index in [9.17, 15) is 8.42 Å². The molecule has 0 amide bonds. The Bertz CT molecular complexity index is 905. The molecule has 2 aromatic rings. The van der Waals surface area contributed by atoms with Gasteiger partial charge in [0, 0.05) is 36.5 Å². The Balaban J connectivity index is 1.99. The summed E-state index contributed by atoms with van der Waals surface area (Å²) in [5.41, 5.74) is 1.70. The second-order valence-electron chi connectivity index (χ2n) is 7.94. The summed E-state index contributed by atoms with van der Waals surface area (Å²) in [7, 11) is -1.65. The van der Waals surface area contributed by atoms with Crippen LogP contribution < -0.4 is 15.4 Å². The molecule has 1 aromatic heterocycles. The van der Waals surface area contributed by atoms with Crippen LogP contribution in [-0.4, -0.2) is 34.0 Å². The topological polar surface area (TPSA) is 82.6 Å². The third-order valence-corrected chi connectivity index (χ3v) is 7.19. The highest BCUT2D eigenvalue weighted by molar-refractivity contribution is 7.88. The fraction of sp³-hybridized carbons (Fsp3) is 0.476. The summed E-state index contributed by atoms with van der Waals surface area (Å²) in [6.45, 7) is 9.26. The Kier molecular flexibility index (Phi) is 8.24. The Hall–Kier alpha value is -1.90. The average Bonchev–Trinajstić information content (AvgIpc) is 3.17. The van der Waals surface area contributed by atoms with Gasteiger partial charge in [0.25, 0.3) is 0 Å². The minimum Gasteiger partial charge on any atom is -0.356 e. The highest BCUT2D eigenvalue weighted by atomic mass is 32.2. The number of sulfonamides is 1. The van der Waals surface area contributed by atoms with Crippen LogP contribution in [0, 0.1) is 0 Å². The molecular formula is C21H32N4O2S2. The molecule has 0 unspecified atom stereocenters. The highest BCUT2D eigenvalue weighted by Crippen LogP contribution is 2.26. The number of hydrogen-bond acceptors (Lipinski definition) is 4. The van der Waals surface area contributed by atoms with Crippen LogP contribution >= 0.6 is 11.3 Å². The summed E-state index contributed by atoms with van der Waals surface area (Å²) in [5, 5.41) is 8.76. The Morgan fingerprint density at radius 2 is 1.79 bits per heavy atom. The molecule has 1 aromatic carbocycles. The largest absolute Gasteiger partial charge is 0.356 e. The molecule has 6 nitrogen and oxygen atoms in total. The molecule has 0 saturated carbocycles. The van der Waals surface area contributed by atoms with Gasteiger partial charge in [-0.3, -0.25) is 4.99 Å². The summed E-state index contributed by atoms with van der Waals surface area (Å²) in [6, 6.07) is 11.7. The van der Waals surface area contributed by atoms with E-state index < -0.39 is 10.0 Å². The minimum absolute atomic E-state index is 0.0136. The van der Waals surface area contributed by atoms with Crippen LogP contribution in [0.2, 0.25) is 0 Å². The zero-order chi connectivity index (χ0) is 21.5. The van der Waals surface area contributed by atoms with Gasteiger partial charge in [0.2, 0.25) is 10.0 Å². The second-order valence-corrected chi connectivity index (χ2v) is 10.6. The lowest BCUT2D eigenvalue weighted by Crippen LogP contribution is -2.43. The van der Waals surface area contributed by atoms with Gasteiger partial charge >= 0.3 is 0 Å².